The highest BCUT2D eigenvalue weighted by atomic mass is 35.5. The summed E-state index contributed by atoms with van der Waals surface area (Å²) in [5, 5.41) is 1.00. The predicted molar refractivity (Wildman–Crippen MR) is 76.3 cm³/mol. The molecule has 1 fully saturated rings. The molecule has 1 aromatic rings. The number of nitrogens with one attached hydrogen (secondary N) is 1. The first-order chi connectivity index (χ1) is 8.70. The second kappa shape index (κ2) is 6.75. The lowest BCUT2D eigenvalue weighted by Gasteiger charge is -2.29. The lowest BCUT2D eigenvalue weighted by atomic mass is 10.00. The topological polar surface area (TPSA) is 38.0 Å². The zero-order valence-electron chi connectivity index (χ0n) is 10.2. The van der Waals surface area contributed by atoms with Gasteiger partial charge in [-0.15, -0.1) is 0 Å². The van der Waals surface area contributed by atoms with Crippen LogP contribution in [0.15, 0.2) is 18.2 Å². The minimum absolute atomic E-state index is 0.193. The van der Waals surface area contributed by atoms with Crippen LogP contribution >= 0.6 is 23.4 Å². The van der Waals surface area contributed by atoms with Crippen LogP contribution in [0, 0.1) is 5.82 Å². The molecule has 0 aromatic heterocycles. The van der Waals surface area contributed by atoms with E-state index in [2.05, 4.69) is 5.43 Å². The van der Waals surface area contributed by atoms with Crippen LogP contribution in [0.1, 0.15) is 24.8 Å². The SMILES string of the molecule is NNC(Cc1ccc(F)cc1Cl)C1CCCCS1. The van der Waals surface area contributed by atoms with Crippen molar-refractivity contribution in [2.45, 2.75) is 37.0 Å². The van der Waals surface area contributed by atoms with E-state index < -0.39 is 0 Å². The second-order valence-electron chi connectivity index (χ2n) is 4.62. The number of hydrazine groups is 1. The molecule has 2 unspecified atom stereocenters. The van der Waals surface area contributed by atoms with E-state index in [0.29, 0.717) is 10.3 Å². The number of rotatable bonds is 4. The van der Waals surface area contributed by atoms with Gasteiger partial charge in [-0.3, -0.25) is 11.3 Å². The maximum atomic E-state index is 13.0. The molecule has 1 heterocycles. The van der Waals surface area contributed by atoms with Crippen molar-refractivity contribution in [3.8, 4) is 0 Å². The van der Waals surface area contributed by atoms with E-state index in [1.807, 2.05) is 11.8 Å². The van der Waals surface area contributed by atoms with Crippen LogP contribution in [0.2, 0.25) is 5.02 Å². The third kappa shape index (κ3) is 3.60. The normalized spacial score (nSPS) is 21.8. The average Bonchev–Trinajstić information content (AvgIpc) is 2.39. The van der Waals surface area contributed by atoms with Crippen molar-refractivity contribution in [2.24, 2.45) is 5.84 Å². The molecular formula is C13H18ClFN2S. The van der Waals surface area contributed by atoms with E-state index >= 15 is 0 Å². The fourth-order valence-corrected chi connectivity index (χ4v) is 3.96. The molecule has 0 spiro atoms. The van der Waals surface area contributed by atoms with Gasteiger partial charge in [-0.25, -0.2) is 4.39 Å². The second-order valence-corrected chi connectivity index (χ2v) is 6.37. The van der Waals surface area contributed by atoms with Gasteiger partial charge in [0.05, 0.1) is 0 Å². The van der Waals surface area contributed by atoms with Gasteiger partial charge < -0.3 is 0 Å². The summed E-state index contributed by atoms with van der Waals surface area (Å²) in [6.07, 6.45) is 4.47. The number of hydrogen-bond donors (Lipinski definition) is 2. The Balaban J connectivity index is 2.04. The van der Waals surface area contributed by atoms with Crippen molar-refractivity contribution in [1.82, 2.24) is 5.43 Å². The summed E-state index contributed by atoms with van der Waals surface area (Å²) >= 11 is 8.02. The molecule has 1 aromatic carbocycles. The van der Waals surface area contributed by atoms with Gasteiger partial charge in [-0.05, 0) is 42.7 Å². The zero-order valence-corrected chi connectivity index (χ0v) is 11.7. The number of hydrogen-bond acceptors (Lipinski definition) is 3. The van der Waals surface area contributed by atoms with E-state index in [1.54, 1.807) is 6.07 Å². The molecule has 3 N–H and O–H groups in total. The van der Waals surface area contributed by atoms with Crippen molar-refractivity contribution >= 4 is 23.4 Å². The van der Waals surface area contributed by atoms with E-state index in [0.717, 1.165) is 12.0 Å². The molecule has 0 aliphatic carbocycles. The molecule has 1 aliphatic rings. The van der Waals surface area contributed by atoms with Crippen molar-refractivity contribution in [2.75, 3.05) is 5.75 Å². The number of nitrogens with two attached hydrogens (primary N) is 1. The van der Waals surface area contributed by atoms with Crippen LogP contribution in [-0.2, 0) is 6.42 Å². The fraction of sp³-hybridized carbons (Fsp3) is 0.538. The largest absolute Gasteiger partial charge is 0.271 e. The maximum Gasteiger partial charge on any atom is 0.124 e. The molecule has 0 bridgehead atoms. The molecular weight excluding hydrogens is 271 g/mol. The van der Waals surface area contributed by atoms with E-state index in [-0.39, 0.29) is 11.9 Å². The Morgan fingerprint density at radius 3 is 2.94 bits per heavy atom. The van der Waals surface area contributed by atoms with Gasteiger partial charge in [0.1, 0.15) is 5.82 Å². The Bertz CT molecular complexity index is 397. The Kier molecular flexibility index (Phi) is 5.30. The van der Waals surface area contributed by atoms with Crippen molar-refractivity contribution in [1.29, 1.82) is 0 Å². The molecule has 1 saturated heterocycles. The number of benzene rings is 1. The van der Waals surface area contributed by atoms with Gasteiger partial charge in [0, 0.05) is 16.3 Å². The Labute approximate surface area is 116 Å². The quantitative estimate of drug-likeness (QED) is 0.660. The fourth-order valence-electron chi connectivity index (χ4n) is 2.30. The van der Waals surface area contributed by atoms with Crippen LogP contribution < -0.4 is 11.3 Å². The summed E-state index contributed by atoms with van der Waals surface area (Å²) in [4.78, 5) is 0. The minimum atomic E-state index is -0.298. The maximum absolute atomic E-state index is 13.0. The molecule has 18 heavy (non-hydrogen) atoms. The number of halogens is 2. The molecule has 2 rings (SSSR count). The minimum Gasteiger partial charge on any atom is -0.271 e. The zero-order chi connectivity index (χ0) is 13.0. The van der Waals surface area contributed by atoms with Gasteiger partial charge in [-0.2, -0.15) is 11.8 Å². The summed E-state index contributed by atoms with van der Waals surface area (Å²) in [5.74, 6) is 6.55. The smallest absolute Gasteiger partial charge is 0.124 e. The average molecular weight is 289 g/mol. The van der Waals surface area contributed by atoms with Crippen molar-refractivity contribution in [3.63, 3.8) is 0 Å². The molecule has 2 nitrogen and oxygen atoms in total. The lowest BCUT2D eigenvalue weighted by Crippen LogP contribution is -2.45. The van der Waals surface area contributed by atoms with Crippen molar-refractivity contribution in [3.05, 3.63) is 34.6 Å². The first-order valence-corrected chi connectivity index (χ1v) is 7.65. The van der Waals surface area contributed by atoms with Gasteiger partial charge in [0.25, 0.3) is 0 Å². The Hall–Kier alpha value is -0.290. The van der Waals surface area contributed by atoms with Crippen LogP contribution in [0.3, 0.4) is 0 Å². The predicted octanol–water partition coefficient (Wildman–Crippen LogP) is 3.14. The highest BCUT2D eigenvalue weighted by Crippen LogP contribution is 2.30. The monoisotopic (exact) mass is 288 g/mol. The van der Waals surface area contributed by atoms with E-state index in [9.17, 15) is 4.39 Å². The van der Waals surface area contributed by atoms with Crippen LogP contribution in [0.5, 0.6) is 0 Å². The summed E-state index contributed by atoms with van der Waals surface area (Å²) in [5.41, 5.74) is 3.84. The molecule has 0 amide bonds. The molecule has 5 heteroatoms. The van der Waals surface area contributed by atoms with Gasteiger partial charge >= 0.3 is 0 Å². The van der Waals surface area contributed by atoms with Gasteiger partial charge in [0.2, 0.25) is 0 Å². The molecule has 0 saturated carbocycles. The standard InChI is InChI=1S/C13H18ClFN2S/c14-11-8-10(15)5-4-9(11)7-12(17-16)13-3-1-2-6-18-13/h4-5,8,12-13,17H,1-3,6-7,16H2. The highest BCUT2D eigenvalue weighted by Gasteiger charge is 2.24. The summed E-state index contributed by atoms with van der Waals surface area (Å²) in [7, 11) is 0. The lowest BCUT2D eigenvalue weighted by molar-refractivity contribution is 0.472. The van der Waals surface area contributed by atoms with Gasteiger partial charge in [0.15, 0.2) is 0 Å². The first-order valence-electron chi connectivity index (χ1n) is 6.22. The van der Waals surface area contributed by atoms with Gasteiger partial charge in [-0.1, -0.05) is 24.1 Å². The molecule has 2 atom stereocenters. The summed E-state index contributed by atoms with van der Waals surface area (Å²) in [6, 6.07) is 4.75. The van der Waals surface area contributed by atoms with Crippen LogP contribution in [0.25, 0.3) is 0 Å². The third-order valence-corrected chi connectivity index (χ3v) is 5.20. The molecule has 1 aliphatic heterocycles. The van der Waals surface area contributed by atoms with Crippen molar-refractivity contribution < 1.29 is 4.39 Å². The van der Waals surface area contributed by atoms with Crippen LogP contribution in [-0.4, -0.2) is 17.0 Å². The Morgan fingerprint density at radius 2 is 2.33 bits per heavy atom. The third-order valence-electron chi connectivity index (χ3n) is 3.33. The Morgan fingerprint density at radius 1 is 1.50 bits per heavy atom. The molecule has 0 radical (unpaired) electrons. The summed E-state index contributed by atoms with van der Waals surface area (Å²) in [6.45, 7) is 0. The van der Waals surface area contributed by atoms with E-state index in [1.165, 1.54) is 37.1 Å². The number of thioether (sulfide) groups is 1. The summed E-state index contributed by atoms with van der Waals surface area (Å²) < 4.78 is 13.0. The first kappa shape index (κ1) is 14.1. The molecule has 100 valence electrons. The van der Waals surface area contributed by atoms with Crippen LogP contribution in [0.4, 0.5) is 4.39 Å². The highest BCUT2D eigenvalue weighted by molar-refractivity contribution is 8.00. The van der Waals surface area contributed by atoms with E-state index in [4.69, 9.17) is 17.4 Å².